The van der Waals surface area contributed by atoms with E-state index < -0.39 is 5.97 Å². The summed E-state index contributed by atoms with van der Waals surface area (Å²) in [6.07, 6.45) is 6.99. The van der Waals surface area contributed by atoms with Gasteiger partial charge in [-0.25, -0.2) is 9.97 Å². The van der Waals surface area contributed by atoms with Gasteiger partial charge in [-0.1, -0.05) is 30.3 Å². The number of piperidine rings is 2. The second-order valence-electron chi connectivity index (χ2n) is 8.57. The fourth-order valence-corrected chi connectivity index (χ4v) is 4.80. The number of anilines is 1. The summed E-state index contributed by atoms with van der Waals surface area (Å²) < 4.78 is 0. The number of hydrogen-bond donors (Lipinski definition) is 1. The lowest BCUT2D eigenvalue weighted by Crippen LogP contribution is -2.51. The number of nitrogens with zero attached hydrogens (tertiary/aromatic N) is 4. The average Bonchev–Trinajstić information content (AvgIpc) is 2.83. The Morgan fingerprint density at radius 3 is 2.13 bits per heavy atom. The molecule has 0 spiro atoms. The minimum absolute atomic E-state index is 0.0193. The average molecular weight is 423 g/mol. The van der Waals surface area contributed by atoms with Crippen molar-refractivity contribution in [3.8, 4) is 0 Å². The van der Waals surface area contributed by atoms with Crippen molar-refractivity contribution in [3.63, 3.8) is 0 Å². The van der Waals surface area contributed by atoms with Gasteiger partial charge in [0.25, 0.3) is 0 Å². The van der Waals surface area contributed by atoms with Crippen LogP contribution in [0.2, 0.25) is 0 Å². The number of Topliss-reactive ketones (excluding diaryl/α,β-unsaturated/α-hetero) is 1. The molecular weight excluding hydrogens is 392 g/mol. The van der Waals surface area contributed by atoms with Crippen LogP contribution in [0.25, 0.3) is 0 Å². The van der Waals surface area contributed by atoms with Crippen molar-refractivity contribution >= 4 is 17.7 Å². The van der Waals surface area contributed by atoms with Crippen molar-refractivity contribution in [3.05, 3.63) is 54.4 Å². The number of carboxylic acids is 1. The van der Waals surface area contributed by atoms with Crippen LogP contribution in [0.15, 0.2) is 48.8 Å². The summed E-state index contributed by atoms with van der Waals surface area (Å²) in [4.78, 5) is 38.0. The lowest BCUT2D eigenvalue weighted by atomic mass is 9.84. The van der Waals surface area contributed by atoms with E-state index in [0.29, 0.717) is 38.1 Å². The van der Waals surface area contributed by atoms with Crippen molar-refractivity contribution < 1.29 is 14.7 Å². The Labute approximate surface area is 183 Å². The molecule has 1 atom stereocenters. The zero-order valence-corrected chi connectivity index (χ0v) is 17.8. The number of carbonyl (C=O) groups is 2. The molecule has 2 aliphatic rings. The minimum atomic E-state index is -0.721. The highest BCUT2D eigenvalue weighted by Gasteiger charge is 2.36. The number of carbonyl (C=O) groups excluding carboxylic acids is 1. The molecule has 2 aromatic rings. The van der Waals surface area contributed by atoms with E-state index in [9.17, 15) is 14.7 Å². The first-order valence-corrected chi connectivity index (χ1v) is 11.2. The molecule has 0 bridgehead atoms. The summed E-state index contributed by atoms with van der Waals surface area (Å²) in [7, 11) is 0. The summed E-state index contributed by atoms with van der Waals surface area (Å²) in [5.41, 5.74) is 1.15. The molecule has 1 N–H and O–H groups in total. The number of aromatic nitrogens is 2. The maximum atomic E-state index is 13.7. The molecule has 3 heterocycles. The van der Waals surface area contributed by atoms with E-state index in [4.69, 9.17) is 0 Å². The second kappa shape index (κ2) is 10.0. The van der Waals surface area contributed by atoms with Crippen LogP contribution in [-0.2, 0) is 16.0 Å². The third kappa shape index (κ3) is 5.28. The molecule has 0 radical (unpaired) electrons. The molecule has 2 fully saturated rings. The quantitative estimate of drug-likeness (QED) is 0.734. The van der Waals surface area contributed by atoms with Crippen LogP contribution in [0, 0.1) is 11.8 Å². The number of ketones is 1. The zero-order valence-electron chi connectivity index (χ0n) is 17.8. The Balaban J connectivity index is 1.43. The molecule has 0 saturated carbocycles. The van der Waals surface area contributed by atoms with Gasteiger partial charge in [0.2, 0.25) is 5.95 Å². The van der Waals surface area contributed by atoms with Gasteiger partial charge in [-0.15, -0.1) is 0 Å². The standard InChI is InChI=1S/C24H30N4O3/c29-22(19-7-15-28(16-8-19)24-25-11-4-12-26-24)21(17-18-5-2-1-3-6-18)27-13-9-20(10-14-27)23(30)31/h1-6,11-12,19-21H,7-10,13-17H2,(H,30,31). The molecule has 2 aliphatic heterocycles. The highest BCUT2D eigenvalue weighted by molar-refractivity contribution is 5.87. The molecule has 0 aliphatic carbocycles. The SMILES string of the molecule is O=C(O)C1CCN(C(Cc2ccccc2)C(=O)C2CCN(c3ncccn3)CC2)CC1. The van der Waals surface area contributed by atoms with E-state index in [1.54, 1.807) is 12.4 Å². The molecule has 164 valence electrons. The summed E-state index contributed by atoms with van der Waals surface area (Å²) in [6, 6.07) is 11.8. The van der Waals surface area contributed by atoms with Gasteiger partial charge in [0.15, 0.2) is 5.78 Å². The van der Waals surface area contributed by atoms with Crippen molar-refractivity contribution in [1.82, 2.24) is 14.9 Å². The van der Waals surface area contributed by atoms with Crippen molar-refractivity contribution in [2.24, 2.45) is 11.8 Å². The van der Waals surface area contributed by atoms with E-state index in [1.807, 2.05) is 24.3 Å². The van der Waals surface area contributed by atoms with Gasteiger partial charge in [-0.3, -0.25) is 14.5 Å². The van der Waals surface area contributed by atoms with Crippen molar-refractivity contribution in [2.45, 2.75) is 38.1 Å². The van der Waals surface area contributed by atoms with E-state index in [-0.39, 0.29) is 17.9 Å². The summed E-state index contributed by atoms with van der Waals surface area (Å²) in [5, 5.41) is 9.33. The normalized spacial score (nSPS) is 19.8. The molecule has 1 aromatic heterocycles. The number of likely N-dealkylation sites (tertiary alicyclic amines) is 1. The monoisotopic (exact) mass is 422 g/mol. The van der Waals surface area contributed by atoms with E-state index in [1.165, 1.54) is 0 Å². The number of rotatable bonds is 7. The predicted octanol–water partition coefficient (Wildman–Crippen LogP) is 2.67. The zero-order chi connectivity index (χ0) is 21.6. The van der Waals surface area contributed by atoms with Gasteiger partial charge in [-0.2, -0.15) is 0 Å². The molecule has 7 heteroatoms. The Hall–Kier alpha value is -2.80. The second-order valence-corrected chi connectivity index (χ2v) is 8.57. The summed E-state index contributed by atoms with van der Waals surface area (Å²) in [5.74, 6) is 0.0287. The minimum Gasteiger partial charge on any atom is -0.481 e. The van der Waals surface area contributed by atoms with Crippen LogP contribution >= 0.6 is 0 Å². The Morgan fingerprint density at radius 1 is 0.903 bits per heavy atom. The number of carboxylic acid groups (broad SMARTS) is 1. The van der Waals surface area contributed by atoms with Gasteiger partial charge in [-0.05, 0) is 56.8 Å². The Kier molecular flexibility index (Phi) is 6.92. The lowest BCUT2D eigenvalue weighted by Gasteiger charge is -2.39. The van der Waals surface area contributed by atoms with Gasteiger partial charge < -0.3 is 10.0 Å². The van der Waals surface area contributed by atoms with Crippen LogP contribution in [-0.4, -0.2) is 63.9 Å². The van der Waals surface area contributed by atoms with Crippen molar-refractivity contribution in [2.75, 3.05) is 31.1 Å². The molecule has 1 aromatic carbocycles. The molecule has 2 saturated heterocycles. The summed E-state index contributed by atoms with van der Waals surface area (Å²) in [6.45, 7) is 2.88. The largest absolute Gasteiger partial charge is 0.481 e. The smallest absolute Gasteiger partial charge is 0.306 e. The lowest BCUT2D eigenvalue weighted by molar-refractivity contribution is -0.143. The maximum Gasteiger partial charge on any atom is 0.306 e. The van der Waals surface area contributed by atoms with Gasteiger partial charge in [0.05, 0.1) is 12.0 Å². The topological polar surface area (TPSA) is 86.6 Å². The Bertz CT molecular complexity index is 861. The van der Waals surface area contributed by atoms with Crippen LogP contribution in [0.3, 0.4) is 0 Å². The van der Waals surface area contributed by atoms with Crippen molar-refractivity contribution in [1.29, 1.82) is 0 Å². The molecule has 7 nitrogen and oxygen atoms in total. The van der Waals surface area contributed by atoms with E-state index in [2.05, 4.69) is 31.9 Å². The fraction of sp³-hybridized carbons (Fsp3) is 0.500. The first-order valence-electron chi connectivity index (χ1n) is 11.2. The van der Waals surface area contributed by atoms with Crippen LogP contribution in [0.5, 0.6) is 0 Å². The molecule has 0 amide bonds. The number of aliphatic carboxylic acids is 1. The Morgan fingerprint density at radius 2 is 1.52 bits per heavy atom. The predicted molar refractivity (Wildman–Crippen MR) is 118 cm³/mol. The third-order valence-electron chi connectivity index (χ3n) is 6.65. The first kappa shape index (κ1) is 21.4. The fourth-order valence-electron chi connectivity index (χ4n) is 4.80. The maximum absolute atomic E-state index is 13.7. The first-order chi connectivity index (χ1) is 15.1. The molecule has 4 rings (SSSR count). The number of hydrogen-bond acceptors (Lipinski definition) is 6. The number of benzene rings is 1. The van der Waals surface area contributed by atoms with Gasteiger partial charge in [0.1, 0.15) is 0 Å². The highest BCUT2D eigenvalue weighted by atomic mass is 16.4. The van der Waals surface area contributed by atoms with Crippen LogP contribution in [0.1, 0.15) is 31.2 Å². The molecular formula is C24H30N4O3. The van der Waals surface area contributed by atoms with Gasteiger partial charge >= 0.3 is 5.97 Å². The van der Waals surface area contributed by atoms with Gasteiger partial charge in [0, 0.05) is 31.4 Å². The summed E-state index contributed by atoms with van der Waals surface area (Å²) >= 11 is 0. The third-order valence-corrected chi connectivity index (χ3v) is 6.65. The highest BCUT2D eigenvalue weighted by Crippen LogP contribution is 2.27. The van der Waals surface area contributed by atoms with Crippen LogP contribution < -0.4 is 4.90 Å². The van der Waals surface area contributed by atoms with Crippen LogP contribution in [0.4, 0.5) is 5.95 Å². The van der Waals surface area contributed by atoms with E-state index in [0.717, 1.165) is 37.4 Å². The molecule has 31 heavy (non-hydrogen) atoms. The molecule has 1 unspecified atom stereocenters. The van der Waals surface area contributed by atoms with E-state index >= 15 is 0 Å².